The van der Waals surface area contributed by atoms with Crippen LogP contribution in [0.4, 0.5) is 0 Å². The molecule has 19 heavy (non-hydrogen) atoms. The van der Waals surface area contributed by atoms with Gasteiger partial charge in [0, 0.05) is 11.4 Å². The van der Waals surface area contributed by atoms with Gasteiger partial charge >= 0.3 is 5.76 Å². The van der Waals surface area contributed by atoms with Crippen LogP contribution in [0.2, 0.25) is 0 Å². The number of nitrogens with zero attached hydrogens (tertiary/aromatic N) is 1. The lowest BCUT2D eigenvalue weighted by atomic mass is 9.96. The van der Waals surface area contributed by atoms with Crippen LogP contribution in [0.5, 0.6) is 0 Å². The van der Waals surface area contributed by atoms with Crippen molar-refractivity contribution in [2.45, 2.75) is 38.1 Å². The largest absolute Gasteiger partial charge is 0.419 e. The molecular formula is C15H18BrNO2. The van der Waals surface area contributed by atoms with Gasteiger partial charge in [-0.25, -0.2) is 4.79 Å². The topological polar surface area (TPSA) is 35.1 Å². The Labute approximate surface area is 120 Å². The molecule has 102 valence electrons. The molecule has 0 N–H and O–H groups in total. The summed E-state index contributed by atoms with van der Waals surface area (Å²) in [5.74, 6) is 1.20. The van der Waals surface area contributed by atoms with Crippen LogP contribution in [0, 0.1) is 11.8 Å². The molecule has 0 saturated heterocycles. The quantitative estimate of drug-likeness (QED) is 0.794. The van der Waals surface area contributed by atoms with Gasteiger partial charge in [0.2, 0.25) is 0 Å². The molecule has 1 aromatic heterocycles. The molecule has 1 saturated carbocycles. The molecule has 3 nitrogen and oxygen atoms in total. The maximum atomic E-state index is 11.7. The van der Waals surface area contributed by atoms with Crippen molar-refractivity contribution in [3.05, 3.63) is 34.3 Å². The Kier molecular flexibility index (Phi) is 3.29. The van der Waals surface area contributed by atoms with Crippen molar-refractivity contribution in [1.29, 1.82) is 0 Å². The number of hydrogen-bond acceptors (Lipinski definition) is 2. The molecular weight excluding hydrogens is 306 g/mol. The monoisotopic (exact) mass is 323 g/mol. The van der Waals surface area contributed by atoms with Crippen LogP contribution in [0.3, 0.4) is 0 Å². The van der Waals surface area contributed by atoms with E-state index in [-0.39, 0.29) is 5.76 Å². The van der Waals surface area contributed by atoms with Crippen molar-refractivity contribution in [3.63, 3.8) is 0 Å². The number of alkyl halides is 1. The predicted molar refractivity (Wildman–Crippen MR) is 79.7 cm³/mol. The van der Waals surface area contributed by atoms with Crippen LogP contribution in [0.15, 0.2) is 27.4 Å². The van der Waals surface area contributed by atoms with E-state index >= 15 is 0 Å². The van der Waals surface area contributed by atoms with Gasteiger partial charge in [0.15, 0.2) is 5.58 Å². The van der Waals surface area contributed by atoms with Gasteiger partial charge in [0.1, 0.15) is 0 Å². The summed E-state index contributed by atoms with van der Waals surface area (Å²) in [6.07, 6.45) is 2.68. The number of benzene rings is 1. The molecule has 0 aliphatic heterocycles. The molecule has 0 radical (unpaired) electrons. The van der Waals surface area contributed by atoms with Gasteiger partial charge in [-0.1, -0.05) is 28.9 Å². The minimum Gasteiger partial charge on any atom is -0.408 e. The molecule has 1 aliphatic carbocycles. The van der Waals surface area contributed by atoms with E-state index in [9.17, 15) is 4.79 Å². The minimum atomic E-state index is -0.268. The molecule has 1 aliphatic rings. The fraction of sp³-hybridized carbons (Fsp3) is 0.533. The Morgan fingerprint density at radius 1 is 1.47 bits per heavy atom. The first kappa shape index (κ1) is 13.0. The second-order valence-electron chi connectivity index (χ2n) is 5.44. The lowest BCUT2D eigenvalue weighted by molar-refractivity contribution is 0.500. The smallest absolute Gasteiger partial charge is 0.408 e. The number of oxazole rings is 1. The van der Waals surface area contributed by atoms with Crippen molar-refractivity contribution >= 4 is 27.0 Å². The maximum Gasteiger partial charge on any atom is 0.419 e. The first-order valence-electron chi connectivity index (χ1n) is 6.89. The molecule has 4 heteroatoms. The zero-order chi connectivity index (χ0) is 13.6. The molecule has 0 bridgehead atoms. The molecule has 1 fully saturated rings. The highest BCUT2D eigenvalue weighted by molar-refractivity contribution is 9.09. The van der Waals surface area contributed by atoms with Gasteiger partial charge in [0.25, 0.3) is 0 Å². The Morgan fingerprint density at radius 3 is 2.84 bits per heavy atom. The second kappa shape index (κ2) is 4.82. The highest BCUT2D eigenvalue weighted by atomic mass is 79.9. The molecule has 2 atom stereocenters. The average molecular weight is 324 g/mol. The van der Waals surface area contributed by atoms with Crippen LogP contribution in [-0.4, -0.2) is 4.57 Å². The second-order valence-corrected chi connectivity index (χ2v) is 6.42. The number of fused-ring (bicyclic) bond motifs is 1. The van der Waals surface area contributed by atoms with Crippen LogP contribution in [0.1, 0.15) is 37.1 Å². The highest BCUT2D eigenvalue weighted by Gasteiger charge is 2.33. The Balaban J connectivity index is 1.99. The van der Waals surface area contributed by atoms with Crippen LogP contribution in [0.25, 0.3) is 11.1 Å². The number of aryl methyl sites for hydroxylation is 1. The molecule has 1 aromatic carbocycles. The molecule has 0 amide bonds. The molecule has 0 spiro atoms. The third kappa shape index (κ3) is 2.27. The zero-order valence-corrected chi connectivity index (χ0v) is 12.8. The molecule has 2 unspecified atom stereocenters. The van der Waals surface area contributed by atoms with Gasteiger partial charge in [0.05, 0.1) is 5.52 Å². The number of rotatable bonds is 4. The first-order valence-corrected chi connectivity index (χ1v) is 7.80. The van der Waals surface area contributed by atoms with E-state index in [2.05, 4.69) is 28.9 Å². The minimum absolute atomic E-state index is 0.268. The van der Waals surface area contributed by atoms with Gasteiger partial charge in [-0.2, -0.15) is 0 Å². The van der Waals surface area contributed by atoms with Crippen molar-refractivity contribution in [3.8, 4) is 0 Å². The van der Waals surface area contributed by atoms with Gasteiger partial charge < -0.3 is 4.42 Å². The highest BCUT2D eigenvalue weighted by Crippen LogP contribution is 2.46. The summed E-state index contributed by atoms with van der Waals surface area (Å²) in [6, 6.07) is 6.09. The van der Waals surface area contributed by atoms with Crippen LogP contribution in [-0.2, 0) is 6.54 Å². The summed E-state index contributed by atoms with van der Waals surface area (Å²) in [5, 5.41) is 0. The Morgan fingerprint density at radius 2 is 2.21 bits per heavy atom. The van der Waals surface area contributed by atoms with Crippen LogP contribution >= 0.6 is 15.9 Å². The predicted octanol–water partition coefficient (Wildman–Crippen LogP) is 4.10. The van der Waals surface area contributed by atoms with Crippen LogP contribution < -0.4 is 5.76 Å². The Bertz CT molecular complexity index is 654. The number of aromatic nitrogens is 1. The van der Waals surface area contributed by atoms with Crippen molar-refractivity contribution in [2.75, 3.05) is 0 Å². The normalized spacial score (nSPS) is 18.7. The lowest BCUT2D eigenvalue weighted by Gasteiger charge is -2.18. The number of hydrogen-bond donors (Lipinski definition) is 0. The van der Waals surface area contributed by atoms with Crippen molar-refractivity contribution in [1.82, 2.24) is 4.57 Å². The van der Waals surface area contributed by atoms with E-state index in [1.165, 1.54) is 18.4 Å². The summed E-state index contributed by atoms with van der Waals surface area (Å²) >= 11 is 3.79. The van der Waals surface area contributed by atoms with E-state index < -0.39 is 0 Å². The summed E-state index contributed by atoms with van der Waals surface area (Å²) in [5.41, 5.74) is 2.77. The fourth-order valence-corrected chi connectivity index (χ4v) is 3.43. The van der Waals surface area contributed by atoms with E-state index in [0.717, 1.165) is 11.4 Å². The molecule has 1 heterocycles. The van der Waals surface area contributed by atoms with Gasteiger partial charge in [-0.3, -0.25) is 4.57 Å². The SMILES string of the molecule is CCn1c(=O)oc2cc(C(Br)C(C)C3CC3)ccc21. The summed E-state index contributed by atoms with van der Waals surface area (Å²) in [6.45, 7) is 4.88. The molecule has 3 rings (SSSR count). The molecule has 2 aromatic rings. The zero-order valence-electron chi connectivity index (χ0n) is 11.2. The third-order valence-electron chi connectivity index (χ3n) is 4.15. The summed E-state index contributed by atoms with van der Waals surface area (Å²) in [4.78, 5) is 12.0. The maximum absolute atomic E-state index is 11.7. The average Bonchev–Trinajstić information content (AvgIpc) is 3.19. The van der Waals surface area contributed by atoms with E-state index in [4.69, 9.17) is 4.42 Å². The Hall–Kier alpha value is -1.03. The number of halogens is 1. The first-order chi connectivity index (χ1) is 9.11. The standard InChI is InChI=1S/C15H18BrNO2/c1-3-17-12-7-6-11(8-13(12)19-15(17)18)14(16)9(2)10-4-5-10/h6-10,14H,3-5H2,1-2H3. The third-order valence-corrected chi connectivity index (χ3v) is 5.52. The van der Waals surface area contributed by atoms with Crippen molar-refractivity contribution in [2.24, 2.45) is 11.8 Å². The summed E-state index contributed by atoms with van der Waals surface area (Å²) in [7, 11) is 0. The van der Waals surface area contributed by atoms with E-state index in [1.54, 1.807) is 4.57 Å². The lowest BCUT2D eigenvalue weighted by Crippen LogP contribution is -2.12. The fourth-order valence-electron chi connectivity index (χ4n) is 2.72. The van der Waals surface area contributed by atoms with E-state index in [1.807, 2.05) is 19.1 Å². The van der Waals surface area contributed by atoms with Crippen molar-refractivity contribution < 1.29 is 4.42 Å². The van der Waals surface area contributed by atoms with Gasteiger partial charge in [-0.05, 0) is 49.3 Å². The van der Waals surface area contributed by atoms with E-state index in [0.29, 0.717) is 22.9 Å². The summed E-state index contributed by atoms with van der Waals surface area (Å²) < 4.78 is 6.98. The van der Waals surface area contributed by atoms with Gasteiger partial charge in [-0.15, -0.1) is 0 Å².